The fraction of sp³-hybridized carbons (Fsp3) is 0.562. The van der Waals surface area contributed by atoms with E-state index in [0.717, 1.165) is 17.7 Å². The lowest BCUT2D eigenvalue weighted by Gasteiger charge is -2.35. The molecule has 0 bridgehead atoms. The van der Waals surface area contributed by atoms with E-state index in [2.05, 4.69) is 41.7 Å². The van der Waals surface area contributed by atoms with E-state index < -0.39 is 0 Å². The van der Waals surface area contributed by atoms with Crippen molar-refractivity contribution in [3.05, 3.63) is 23.7 Å². The minimum atomic E-state index is 0.590. The second kappa shape index (κ2) is 5.49. The Morgan fingerprint density at radius 1 is 1.26 bits per heavy atom. The van der Waals surface area contributed by atoms with E-state index >= 15 is 0 Å². The van der Waals surface area contributed by atoms with E-state index in [1.165, 1.54) is 35.8 Å². The average molecular weight is 274 g/mol. The largest absolute Gasteiger partial charge is 0.367 e. The van der Waals surface area contributed by atoms with E-state index in [1.54, 1.807) is 11.3 Å². The van der Waals surface area contributed by atoms with Crippen molar-refractivity contribution < 1.29 is 0 Å². The zero-order chi connectivity index (χ0) is 13.2. The van der Waals surface area contributed by atoms with Crippen molar-refractivity contribution in [1.82, 2.24) is 4.98 Å². The zero-order valence-electron chi connectivity index (χ0n) is 11.7. The lowest BCUT2D eigenvalue weighted by molar-refractivity contribution is 0.253. The van der Waals surface area contributed by atoms with Crippen LogP contribution in [-0.4, -0.2) is 11.0 Å². The third-order valence-corrected chi connectivity index (χ3v) is 5.26. The first-order valence-electron chi connectivity index (χ1n) is 7.34. The Labute approximate surface area is 119 Å². The molecule has 0 aliphatic heterocycles. The van der Waals surface area contributed by atoms with Gasteiger partial charge in [-0.1, -0.05) is 26.7 Å². The van der Waals surface area contributed by atoms with E-state index in [4.69, 9.17) is 0 Å². The van der Waals surface area contributed by atoms with Gasteiger partial charge in [-0.25, -0.2) is 4.98 Å². The first kappa shape index (κ1) is 12.9. The number of anilines is 1. The van der Waals surface area contributed by atoms with Crippen LogP contribution in [0.1, 0.15) is 39.5 Å². The maximum absolute atomic E-state index is 4.56. The highest BCUT2D eigenvalue weighted by Crippen LogP contribution is 2.34. The minimum absolute atomic E-state index is 0.590. The van der Waals surface area contributed by atoms with Gasteiger partial charge < -0.3 is 5.32 Å². The molecule has 2 nitrogen and oxygen atoms in total. The lowest BCUT2D eigenvalue weighted by atomic mass is 9.78. The van der Waals surface area contributed by atoms with Crippen LogP contribution in [0.15, 0.2) is 23.7 Å². The molecule has 0 saturated heterocycles. The topological polar surface area (TPSA) is 24.9 Å². The predicted octanol–water partition coefficient (Wildman–Crippen LogP) is 4.92. The van der Waals surface area contributed by atoms with Crippen LogP contribution in [0.25, 0.3) is 10.1 Å². The van der Waals surface area contributed by atoms with Crippen molar-refractivity contribution in [1.29, 1.82) is 0 Å². The average Bonchev–Trinajstić information content (AvgIpc) is 2.88. The zero-order valence-corrected chi connectivity index (χ0v) is 12.5. The summed E-state index contributed by atoms with van der Waals surface area (Å²) in [6.07, 6.45) is 7.30. The minimum Gasteiger partial charge on any atom is -0.367 e. The van der Waals surface area contributed by atoms with Gasteiger partial charge in [-0.3, -0.25) is 0 Å². The smallest absolute Gasteiger partial charge is 0.134 e. The molecule has 0 amide bonds. The highest BCUT2D eigenvalue weighted by Gasteiger charge is 2.27. The molecule has 2 atom stereocenters. The van der Waals surface area contributed by atoms with E-state index in [-0.39, 0.29) is 0 Å². The highest BCUT2D eigenvalue weighted by atomic mass is 32.1. The normalized spacial score (nSPS) is 23.9. The van der Waals surface area contributed by atoms with Gasteiger partial charge in [0.25, 0.3) is 0 Å². The van der Waals surface area contributed by atoms with Crippen LogP contribution in [0.5, 0.6) is 0 Å². The third kappa shape index (κ3) is 2.62. The van der Waals surface area contributed by atoms with Crippen molar-refractivity contribution in [3.63, 3.8) is 0 Å². The van der Waals surface area contributed by atoms with Crippen LogP contribution in [0, 0.1) is 11.8 Å². The highest BCUT2D eigenvalue weighted by molar-refractivity contribution is 7.17. The number of rotatable bonds is 3. The molecule has 2 heterocycles. The Kier molecular flexibility index (Phi) is 3.74. The molecule has 2 aromatic rings. The third-order valence-electron chi connectivity index (χ3n) is 4.38. The molecular weight excluding hydrogens is 252 g/mol. The van der Waals surface area contributed by atoms with Crippen LogP contribution < -0.4 is 5.32 Å². The Morgan fingerprint density at radius 2 is 2.11 bits per heavy atom. The van der Waals surface area contributed by atoms with E-state index in [1.807, 2.05) is 6.20 Å². The summed E-state index contributed by atoms with van der Waals surface area (Å²) in [4.78, 5) is 4.56. The molecule has 2 unspecified atom stereocenters. The predicted molar refractivity (Wildman–Crippen MR) is 83.8 cm³/mol. The Hall–Kier alpha value is -1.09. The van der Waals surface area contributed by atoms with Crippen molar-refractivity contribution in [2.24, 2.45) is 11.8 Å². The van der Waals surface area contributed by atoms with Crippen LogP contribution in [-0.2, 0) is 0 Å². The van der Waals surface area contributed by atoms with Crippen molar-refractivity contribution in [3.8, 4) is 0 Å². The summed E-state index contributed by atoms with van der Waals surface area (Å²) in [7, 11) is 0. The maximum Gasteiger partial charge on any atom is 0.134 e. The summed E-state index contributed by atoms with van der Waals surface area (Å²) in [6.45, 7) is 4.70. The first-order chi connectivity index (χ1) is 9.25. The van der Waals surface area contributed by atoms with Crippen molar-refractivity contribution >= 4 is 27.2 Å². The van der Waals surface area contributed by atoms with Gasteiger partial charge in [0.1, 0.15) is 5.82 Å². The van der Waals surface area contributed by atoms with Crippen molar-refractivity contribution in [2.75, 3.05) is 5.32 Å². The van der Waals surface area contributed by atoms with Crippen molar-refractivity contribution in [2.45, 2.75) is 45.6 Å². The van der Waals surface area contributed by atoms with Gasteiger partial charge in [-0.2, -0.15) is 0 Å². The van der Waals surface area contributed by atoms with Gasteiger partial charge in [-0.15, -0.1) is 11.3 Å². The summed E-state index contributed by atoms with van der Waals surface area (Å²) in [6, 6.07) is 4.88. The molecule has 1 aliphatic rings. The molecular formula is C16H22N2S. The van der Waals surface area contributed by atoms with Gasteiger partial charge in [0.15, 0.2) is 0 Å². The number of pyridine rings is 1. The molecule has 1 fully saturated rings. The first-order valence-corrected chi connectivity index (χ1v) is 8.22. The number of nitrogens with one attached hydrogen (secondary N) is 1. The summed E-state index contributed by atoms with van der Waals surface area (Å²) in [5.74, 6) is 2.61. The molecule has 1 aliphatic carbocycles. The molecule has 0 spiro atoms. The van der Waals surface area contributed by atoms with Crippen LogP contribution >= 0.6 is 11.3 Å². The number of fused-ring (bicyclic) bond motifs is 1. The van der Waals surface area contributed by atoms with Gasteiger partial charge >= 0.3 is 0 Å². The molecule has 102 valence electrons. The fourth-order valence-electron chi connectivity index (χ4n) is 3.32. The summed E-state index contributed by atoms with van der Waals surface area (Å²) < 4.78 is 1.33. The molecule has 0 aromatic carbocycles. The summed E-state index contributed by atoms with van der Waals surface area (Å²) >= 11 is 1.79. The number of aromatic nitrogens is 1. The molecule has 1 N–H and O–H groups in total. The molecule has 1 saturated carbocycles. The Morgan fingerprint density at radius 3 is 2.95 bits per heavy atom. The van der Waals surface area contributed by atoms with Crippen LogP contribution in [0.4, 0.5) is 5.82 Å². The number of thiophene rings is 1. The molecule has 3 rings (SSSR count). The quantitative estimate of drug-likeness (QED) is 0.859. The summed E-state index contributed by atoms with van der Waals surface area (Å²) in [5.41, 5.74) is 0. The molecule has 2 aromatic heterocycles. The second-order valence-corrected chi connectivity index (χ2v) is 6.88. The molecule has 0 radical (unpaired) electrons. The van der Waals surface area contributed by atoms with Crippen LogP contribution in [0.3, 0.4) is 0 Å². The standard InChI is InChI=1S/C16H22N2S/c1-11(2)12-5-3-4-6-14(12)18-16-13-8-10-19-15(13)7-9-17-16/h7-12,14H,3-6H2,1-2H3,(H,17,18). The van der Waals surface area contributed by atoms with Gasteiger partial charge in [-0.05, 0) is 42.2 Å². The van der Waals surface area contributed by atoms with Gasteiger partial charge in [0.2, 0.25) is 0 Å². The Balaban J connectivity index is 1.85. The second-order valence-electron chi connectivity index (χ2n) is 5.94. The van der Waals surface area contributed by atoms with Gasteiger partial charge in [0, 0.05) is 22.3 Å². The number of nitrogens with zero attached hydrogens (tertiary/aromatic N) is 1. The molecule has 19 heavy (non-hydrogen) atoms. The van der Waals surface area contributed by atoms with Crippen LogP contribution in [0.2, 0.25) is 0 Å². The molecule has 3 heteroatoms. The summed E-state index contributed by atoms with van der Waals surface area (Å²) in [5, 5.41) is 7.17. The van der Waals surface area contributed by atoms with E-state index in [9.17, 15) is 0 Å². The SMILES string of the molecule is CC(C)C1CCCCC1Nc1nccc2sccc12. The van der Waals surface area contributed by atoms with E-state index in [0.29, 0.717) is 6.04 Å². The number of hydrogen-bond donors (Lipinski definition) is 1. The Bertz CT molecular complexity index is 546. The maximum atomic E-state index is 4.56. The van der Waals surface area contributed by atoms with Gasteiger partial charge in [0.05, 0.1) is 0 Å². The lowest BCUT2D eigenvalue weighted by Crippen LogP contribution is -2.35. The number of hydrogen-bond acceptors (Lipinski definition) is 3. The monoisotopic (exact) mass is 274 g/mol. The fourth-order valence-corrected chi connectivity index (χ4v) is 4.10.